The molecular weight excluding hydrogens is 1170 g/mol. The summed E-state index contributed by atoms with van der Waals surface area (Å²) in [5.41, 5.74) is 28.8. The molecule has 14 aromatic carbocycles. The monoisotopic (exact) mass is 1230 g/mol. The van der Waals surface area contributed by atoms with Gasteiger partial charge in [-0.3, -0.25) is 0 Å². The first-order valence-electron chi connectivity index (χ1n) is 33.2. The lowest BCUT2D eigenvalue weighted by atomic mass is 9.30. The summed E-state index contributed by atoms with van der Waals surface area (Å²) in [5.74, 6) is 1.63. The maximum Gasteiger partial charge on any atom is 0.256 e. The summed E-state index contributed by atoms with van der Waals surface area (Å²) in [6, 6.07) is 125. The van der Waals surface area contributed by atoms with Gasteiger partial charge in [0.15, 0.2) is 0 Å². The molecule has 0 aliphatic carbocycles. The molecule has 0 saturated heterocycles. The molecule has 0 radical (unpaired) electrons. The van der Waals surface area contributed by atoms with E-state index in [-0.39, 0.29) is 13.4 Å². The van der Waals surface area contributed by atoms with Crippen LogP contribution in [0.4, 0.5) is 102 Å². The summed E-state index contributed by atoms with van der Waals surface area (Å²) in [6.45, 7) is 4.35. The van der Waals surface area contributed by atoms with Crippen molar-refractivity contribution in [2.24, 2.45) is 0 Å². The van der Waals surface area contributed by atoms with Gasteiger partial charge in [-0.25, -0.2) is 0 Å². The molecule has 5 heterocycles. The van der Waals surface area contributed by atoms with Crippen molar-refractivity contribution in [1.29, 1.82) is 0 Å². The van der Waals surface area contributed by atoms with Crippen LogP contribution >= 0.6 is 0 Å². The number of para-hydroxylation sites is 10. The average Bonchev–Trinajstić information content (AvgIpc) is 0.691. The molecule has 452 valence electrons. The summed E-state index contributed by atoms with van der Waals surface area (Å²) in [5, 5.41) is 0. The van der Waals surface area contributed by atoms with Crippen molar-refractivity contribution in [2.75, 3.05) is 29.4 Å². The van der Waals surface area contributed by atoms with Crippen molar-refractivity contribution in [2.45, 2.75) is 19.3 Å². The van der Waals surface area contributed by atoms with Crippen LogP contribution in [0, 0.1) is 0 Å². The molecule has 9 heteroatoms. The smallest absolute Gasteiger partial charge is 0.256 e. The Bertz CT molecular complexity index is 5260. The third-order valence-electron chi connectivity index (χ3n) is 20.3. The second kappa shape index (κ2) is 22.0. The molecule has 0 aromatic heterocycles. The molecule has 5 aliphatic heterocycles. The van der Waals surface area contributed by atoms with Gasteiger partial charge in [-0.1, -0.05) is 208 Å². The van der Waals surface area contributed by atoms with Crippen LogP contribution < -0.4 is 66.9 Å². The molecule has 0 atom stereocenters. The van der Waals surface area contributed by atoms with Crippen LogP contribution in [0.2, 0.25) is 0 Å². The second-order valence-electron chi connectivity index (χ2n) is 26.0. The maximum atomic E-state index is 7.92. The highest BCUT2D eigenvalue weighted by molar-refractivity contribution is 7.02. The lowest BCUT2D eigenvalue weighted by Crippen LogP contribution is -2.64. The molecule has 0 N–H and O–H groups in total. The number of ether oxygens (including phenoxy) is 1. The summed E-state index contributed by atoms with van der Waals surface area (Å²) in [4.78, 5) is 14.8. The molecule has 0 bridgehead atoms. The number of nitrogens with zero attached hydrogens (tertiary/aromatic N) is 6. The molecule has 0 amide bonds. The van der Waals surface area contributed by atoms with E-state index in [9.17, 15) is 0 Å². The van der Waals surface area contributed by atoms with Crippen LogP contribution in [0.1, 0.15) is 25.0 Å². The maximum absolute atomic E-state index is 7.92. The van der Waals surface area contributed by atoms with Gasteiger partial charge in [-0.15, -0.1) is 0 Å². The normalized spacial score (nSPS) is 13.8. The van der Waals surface area contributed by atoms with E-state index in [0.29, 0.717) is 0 Å². The summed E-state index contributed by atoms with van der Waals surface area (Å²) in [6.07, 6.45) is 0. The minimum Gasteiger partial charge on any atom is -0.458 e. The molecular formula is C87H62B2N6O. The minimum absolute atomic E-state index is 0.196. The summed E-state index contributed by atoms with van der Waals surface area (Å²) < 4.78 is 7.92. The van der Waals surface area contributed by atoms with Gasteiger partial charge in [0.05, 0.1) is 22.7 Å². The summed E-state index contributed by atoms with van der Waals surface area (Å²) >= 11 is 0. The molecule has 0 unspecified atom stereocenters. The molecule has 96 heavy (non-hydrogen) atoms. The summed E-state index contributed by atoms with van der Waals surface area (Å²) in [7, 11) is 0. The Labute approximate surface area is 561 Å². The Morgan fingerprint density at radius 3 is 1.10 bits per heavy atom. The van der Waals surface area contributed by atoms with Crippen LogP contribution in [0.3, 0.4) is 0 Å². The van der Waals surface area contributed by atoms with Crippen molar-refractivity contribution in [1.82, 2.24) is 0 Å². The Kier molecular flexibility index (Phi) is 12.7. The fraction of sp³-hybridized carbons (Fsp3) is 0.0345. The zero-order valence-corrected chi connectivity index (χ0v) is 53.1. The zero-order chi connectivity index (χ0) is 63.6. The van der Waals surface area contributed by atoms with Gasteiger partial charge in [-0.05, 0) is 177 Å². The number of hydrogen-bond donors (Lipinski definition) is 0. The Balaban J connectivity index is 0.921. The predicted molar refractivity (Wildman–Crippen MR) is 402 cm³/mol. The van der Waals surface area contributed by atoms with Crippen LogP contribution in [0.15, 0.2) is 340 Å². The first-order chi connectivity index (χ1) is 47.4. The SMILES string of the molecule is CC1(C)c2ccccc2N(c2ccccc2)c2cc3c(cc21)B1c2cc4c(cc2Oc2cc(N(c5ccccc5)c5ccccc5)cc(c21)N3c1ccccc1)N(c1ccccc1)c1cc(N(c2ccccc2)c2ccccc2)cc2c1B4c1ccccc1N2c1ccccc1. The van der Waals surface area contributed by atoms with E-state index in [2.05, 4.69) is 383 Å². The van der Waals surface area contributed by atoms with E-state index >= 15 is 0 Å². The molecule has 0 fully saturated rings. The molecule has 0 saturated carbocycles. The highest BCUT2D eigenvalue weighted by Crippen LogP contribution is 2.56. The fourth-order valence-corrected chi connectivity index (χ4v) is 16.2. The Morgan fingerprint density at radius 2 is 0.615 bits per heavy atom. The molecule has 7 nitrogen and oxygen atoms in total. The van der Waals surface area contributed by atoms with E-state index < -0.39 is 5.41 Å². The van der Waals surface area contributed by atoms with Gasteiger partial charge in [-0.2, -0.15) is 0 Å². The largest absolute Gasteiger partial charge is 0.458 e. The van der Waals surface area contributed by atoms with Crippen molar-refractivity contribution in [3.63, 3.8) is 0 Å². The standard InChI is InChI=1S/C87H62B2N6O/c1-87(2)69-47-27-29-49-75(69)92(63-39-19-7-20-40-63)77-57-78-72(55-70(77)87)89-74-56-73-79(58-83(74)96-84-54-68(53-82(86(84)89)94(78)65-43-23-9-24-44-65)91(61-35-15-5-16-36-61)62-37-17-6-18-38-62)95(66-45-25-10-26-46-66)81-52-67(90(59-31-11-3-12-32-59)60-33-13-4-14-34-60)51-80-85(81)88(73)71-48-28-30-50-76(71)93(80)64-41-21-8-22-42-64/h3-58H,1-2H3. The fourth-order valence-electron chi connectivity index (χ4n) is 16.2. The number of benzene rings is 14. The molecule has 0 spiro atoms. The zero-order valence-electron chi connectivity index (χ0n) is 53.1. The van der Waals surface area contributed by atoms with E-state index in [1.54, 1.807) is 0 Å². The van der Waals surface area contributed by atoms with Gasteiger partial charge in [0.25, 0.3) is 13.4 Å². The van der Waals surface area contributed by atoms with Crippen LogP contribution in [-0.2, 0) is 5.41 Å². The highest BCUT2D eigenvalue weighted by atomic mass is 16.5. The second-order valence-corrected chi connectivity index (χ2v) is 26.0. The van der Waals surface area contributed by atoms with Gasteiger partial charge in [0, 0.05) is 97.2 Å². The first-order valence-corrected chi connectivity index (χ1v) is 33.2. The minimum atomic E-state index is -0.394. The van der Waals surface area contributed by atoms with E-state index in [0.717, 1.165) is 119 Å². The van der Waals surface area contributed by atoms with Crippen molar-refractivity contribution in [3.05, 3.63) is 351 Å². The Morgan fingerprint density at radius 1 is 0.250 bits per heavy atom. The number of fused-ring (bicyclic) bond motifs is 10. The lowest BCUT2D eigenvalue weighted by Gasteiger charge is -2.47. The van der Waals surface area contributed by atoms with Gasteiger partial charge in [0.1, 0.15) is 11.5 Å². The van der Waals surface area contributed by atoms with E-state index in [1.165, 1.54) is 38.7 Å². The van der Waals surface area contributed by atoms with Gasteiger partial charge >= 0.3 is 0 Å². The van der Waals surface area contributed by atoms with Gasteiger partial charge < -0.3 is 34.1 Å². The topological polar surface area (TPSA) is 28.7 Å². The van der Waals surface area contributed by atoms with Crippen molar-refractivity contribution >= 4 is 149 Å². The highest BCUT2D eigenvalue weighted by Gasteiger charge is 2.50. The number of hydrogen-bond acceptors (Lipinski definition) is 7. The quantitative estimate of drug-likeness (QED) is 0.126. The van der Waals surface area contributed by atoms with Gasteiger partial charge in [0.2, 0.25) is 0 Å². The Hall–Kier alpha value is -12.2. The van der Waals surface area contributed by atoms with E-state index in [1.807, 2.05) is 0 Å². The van der Waals surface area contributed by atoms with Crippen LogP contribution in [0.5, 0.6) is 11.5 Å². The first kappa shape index (κ1) is 55.4. The number of anilines is 18. The van der Waals surface area contributed by atoms with Crippen LogP contribution in [0.25, 0.3) is 0 Å². The average molecular weight is 1230 g/mol. The predicted octanol–water partition coefficient (Wildman–Crippen LogP) is 19.2. The molecule has 5 aliphatic rings. The van der Waals surface area contributed by atoms with Crippen molar-refractivity contribution < 1.29 is 4.74 Å². The van der Waals surface area contributed by atoms with Crippen LogP contribution in [-0.4, -0.2) is 13.4 Å². The number of rotatable bonds is 10. The van der Waals surface area contributed by atoms with Crippen molar-refractivity contribution in [3.8, 4) is 11.5 Å². The third-order valence-corrected chi connectivity index (χ3v) is 20.3. The van der Waals surface area contributed by atoms with E-state index in [4.69, 9.17) is 4.74 Å². The third kappa shape index (κ3) is 8.56. The molecule has 19 rings (SSSR count). The lowest BCUT2D eigenvalue weighted by molar-refractivity contribution is 0.488. The molecule has 14 aromatic rings.